The second-order valence-corrected chi connectivity index (χ2v) is 5.13. The van der Waals surface area contributed by atoms with E-state index in [2.05, 4.69) is 4.72 Å². The first-order valence-electron chi connectivity index (χ1n) is 4.74. The smallest absolute Gasteiger partial charge is 0.304 e. The van der Waals surface area contributed by atoms with Crippen LogP contribution in [0.2, 0.25) is 0 Å². The Balaban J connectivity index is 3.79. The van der Waals surface area contributed by atoms with Crippen molar-refractivity contribution >= 4 is 16.0 Å². The van der Waals surface area contributed by atoms with E-state index >= 15 is 0 Å². The highest BCUT2D eigenvalue weighted by atomic mass is 32.2. The summed E-state index contributed by atoms with van der Waals surface area (Å²) in [6.07, 6.45) is -0.0297. The third kappa shape index (κ3) is 8.34. The summed E-state index contributed by atoms with van der Waals surface area (Å²) >= 11 is 0. The molecule has 0 aromatic carbocycles. The zero-order valence-corrected chi connectivity index (χ0v) is 9.46. The molecule has 6 nitrogen and oxygen atoms in total. The Morgan fingerprint density at radius 2 is 2.07 bits per heavy atom. The quantitative estimate of drug-likeness (QED) is 0.532. The van der Waals surface area contributed by atoms with Gasteiger partial charge in [0.2, 0.25) is 10.0 Å². The Bertz CT molecular complexity index is 287. The van der Waals surface area contributed by atoms with E-state index in [9.17, 15) is 13.2 Å². The van der Waals surface area contributed by atoms with Gasteiger partial charge in [0, 0.05) is 6.54 Å². The van der Waals surface area contributed by atoms with E-state index in [1.54, 1.807) is 6.92 Å². The average molecular weight is 239 g/mol. The monoisotopic (exact) mass is 239 g/mol. The van der Waals surface area contributed by atoms with Crippen LogP contribution in [0.25, 0.3) is 0 Å². The average Bonchev–Trinajstić information content (AvgIpc) is 2.14. The lowest BCUT2D eigenvalue weighted by molar-refractivity contribution is -0.136. The highest BCUT2D eigenvalue weighted by Crippen LogP contribution is 1.96. The van der Waals surface area contributed by atoms with Crippen molar-refractivity contribution in [3.63, 3.8) is 0 Å². The Labute approximate surface area is 89.4 Å². The zero-order chi connectivity index (χ0) is 11.9. The SMILES string of the molecule is CCC(O)CCNS(=O)(=O)CCC(=O)O. The molecule has 15 heavy (non-hydrogen) atoms. The molecule has 0 saturated heterocycles. The van der Waals surface area contributed by atoms with Gasteiger partial charge in [0.25, 0.3) is 0 Å². The van der Waals surface area contributed by atoms with Gasteiger partial charge in [-0.25, -0.2) is 13.1 Å². The summed E-state index contributed by atoms with van der Waals surface area (Å²) in [6.45, 7) is 1.93. The Morgan fingerprint density at radius 3 is 2.53 bits per heavy atom. The number of carbonyl (C=O) groups is 1. The number of carboxylic acid groups (broad SMARTS) is 1. The fourth-order valence-electron chi connectivity index (χ4n) is 0.879. The lowest BCUT2D eigenvalue weighted by Gasteiger charge is -2.08. The number of rotatable bonds is 8. The van der Waals surface area contributed by atoms with Crippen molar-refractivity contribution in [1.29, 1.82) is 0 Å². The minimum absolute atomic E-state index is 0.136. The molecule has 0 heterocycles. The predicted molar refractivity (Wildman–Crippen MR) is 55.0 cm³/mol. The van der Waals surface area contributed by atoms with Crippen molar-refractivity contribution < 1.29 is 23.4 Å². The molecule has 0 saturated carbocycles. The van der Waals surface area contributed by atoms with Gasteiger partial charge < -0.3 is 10.2 Å². The van der Waals surface area contributed by atoms with Crippen LogP contribution in [0.4, 0.5) is 0 Å². The summed E-state index contributed by atoms with van der Waals surface area (Å²) < 4.78 is 24.5. The molecule has 0 amide bonds. The third-order valence-corrected chi connectivity index (χ3v) is 3.24. The molecule has 0 aromatic rings. The van der Waals surface area contributed by atoms with Crippen LogP contribution in [0, 0.1) is 0 Å². The molecule has 7 heteroatoms. The molecule has 0 fully saturated rings. The van der Waals surface area contributed by atoms with E-state index in [4.69, 9.17) is 10.2 Å². The largest absolute Gasteiger partial charge is 0.481 e. The molecule has 0 aromatic heterocycles. The molecule has 0 bridgehead atoms. The summed E-state index contributed by atoms with van der Waals surface area (Å²) in [5.41, 5.74) is 0. The Kier molecular flexibility index (Phi) is 6.46. The summed E-state index contributed by atoms with van der Waals surface area (Å²) in [6, 6.07) is 0. The molecule has 0 spiro atoms. The number of aliphatic hydroxyl groups is 1. The number of nitrogens with one attached hydrogen (secondary N) is 1. The van der Waals surface area contributed by atoms with Gasteiger partial charge in [-0.2, -0.15) is 0 Å². The zero-order valence-electron chi connectivity index (χ0n) is 8.64. The Morgan fingerprint density at radius 1 is 1.47 bits per heavy atom. The number of sulfonamides is 1. The number of carboxylic acids is 1. The summed E-state index contributed by atoms with van der Waals surface area (Å²) in [7, 11) is -3.52. The summed E-state index contributed by atoms with van der Waals surface area (Å²) in [4.78, 5) is 10.1. The van der Waals surface area contributed by atoms with Crippen LogP contribution < -0.4 is 4.72 Å². The van der Waals surface area contributed by atoms with Gasteiger partial charge in [-0.05, 0) is 12.8 Å². The lowest BCUT2D eigenvalue weighted by Crippen LogP contribution is -2.30. The molecule has 0 aliphatic carbocycles. The van der Waals surface area contributed by atoms with E-state index < -0.39 is 34.3 Å². The van der Waals surface area contributed by atoms with Gasteiger partial charge in [-0.1, -0.05) is 6.92 Å². The maximum absolute atomic E-state index is 11.1. The van der Waals surface area contributed by atoms with Crippen molar-refractivity contribution in [3.05, 3.63) is 0 Å². The van der Waals surface area contributed by atoms with Gasteiger partial charge in [0.05, 0.1) is 18.3 Å². The molecular formula is C8H17NO5S. The normalized spacial score (nSPS) is 13.7. The van der Waals surface area contributed by atoms with Crippen molar-refractivity contribution in [3.8, 4) is 0 Å². The standard InChI is InChI=1S/C8H17NO5S/c1-2-7(10)3-5-9-15(13,14)6-4-8(11)12/h7,9-10H,2-6H2,1H3,(H,11,12). The fourth-order valence-corrected chi connectivity index (χ4v) is 1.90. The molecule has 1 atom stereocenters. The van der Waals surface area contributed by atoms with Crippen LogP contribution in [-0.4, -0.2) is 43.0 Å². The highest BCUT2D eigenvalue weighted by molar-refractivity contribution is 7.89. The molecule has 0 rings (SSSR count). The van der Waals surface area contributed by atoms with Crippen molar-refractivity contribution in [1.82, 2.24) is 4.72 Å². The van der Waals surface area contributed by atoms with E-state index in [-0.39, 0.29) is 6.54 Å². The van der Waals surface area contributed by atoms with Gasteiger partial charge in [0.1, 0.15) is 0 Å². The van der Waals surface area contributed by atoms with Crippen LogP contribution in [0.3, 0.4) is 0 Å². The molecule has 90 valence electrons. The molecule has 3 N–H and O–H groups in total. The molecule has 0 aliphatic rings. The summed E-state index contributed by atoms with van der Waals surface area (Å²) in [5, 5.41) is 17.4. The van der Waals surface area contributed by atoms with Crippen LogP contribution in [0.1, 0.15) is 26.2 Å². The van der Waals surface area contributed by atoms with Crippen LogP contribution in [-0.2, 0) is 14.8 Å². The second kappa shape index (κ2) is 6.76. The van der Waals surface area contributed by atoms with E-state index in [0.717, 1.165) is 0 Å². The first-order chi connectivity index (χ1) is 6.87. The maximum Gasteiger partial charge on any atom is 0.304 e. The first-order valence-corrected chi connectivity index (χ1v) is 6.40. The number of hydrogen-bond acceptors (Lipinski definition) is 4. The minimum atomic E-state index is -3.52. The van der Waals surface area contributed by atoms with Crippen molar-refractivity contribution in [2.45, 2.75) is 32.3 Å². The van der Waals surface area contributed by atoms with Crippen LogP contribution >= 0.6 is 0 Å². The number of hydrogen-bond donors (Lipinski definition) is 3. The van der Waals surface area contributed by atoms with Gasteiger partial charge >= 0.3 is 5.97 Å². The van der Waals surface area contributed by atoms with E-state index in [0.29, 0.717) is 12.8 Å². The first kappa shape index (κ1) is 14.3. The molecule has 0 aliphatic heterocycles. The van der Waals surface area contributed by atoms with Crippen molar-refractivity contribution in [2.24, 2.45) is 0 Å². The highest BCUT2D eigenvalue weighted by Gasteiger charge is 2.12. The third-order valence-electron chi connectivity index (χ3n) is 1.86. The Hall–Kier alpha value is -0.660. The minimum Gasteiger partial charge on any atom is -0.481 e. The molecule has 1 unspecified atom stereocenters. The van der Waals surface area contributed by atoms with E-state index in [1.807, 2.05) is 0 Å². The van der Waals surface area contributed by atoms with Gasteiger partial charge in [-0.15, -0.1) is 0 Å². The summed E-state index contributed by atoms with van der Waals surface area (Å²) in [5.74, 6) is -1.57. The van der Waals surface area contributed by atoms with Gasteiger partial charge in [-0.3, -0.25) is 4.79 Å². The number of aliphatic carboxylic acids is 1. The fraction of sp³-hybridized carbons (Fsp3) is 0.875. The predicted octanol–water partition coefficient (Wildman–Crippen LogP) is -0.458. The van der Waals surface area contributed by atoms with Crippen LogP contribution in [0.15, 0.2) is 0 Å². The number of aliphatic hydroxyl groups excluding tert-OH is 1. The van der Waals surface area contributed by atoms with E-state index in [1.165, 1.54) is 0 Å². The molecular weight excluding hydrogens is 222 g/mol. The maximum atomic E-state index is 11.1. The lowest BCUT2D eigenvalue weighted by atomic mass is 10.2. The van der Waals surface area contributed by atoms with Crippen molar-refractivity contribution in [2.75, 3.05) is 12.3 Å². The topological polar surface area (TPSA) is 104 Å². The van der Waals surface area contributed by atoms with Gasteiger partial charge in [0.15, 0.2) is 0 Å². The second-order valence-electron chi connectivity index (χ2n) is 3.21. The van der Waals surface area contributed by atoms with Crippen LogP contribution in [0.5, 0.6) is 0 Å². The molecule has 0 radical (unpaired) electrons.